The van der Waals surface area contributed by atoms with E-state index in [1.165, 1.54) is 12.2 Å². The lowest BCUT2D eigenvalue weighted by molar-refractivity contribution is -0.126. The van der Waals surface area contributed by atoms with Crippen molar-refractivity contribution in [2.45, 2.75) is 27.2 Å². The second kappa shape index (κ2) is 14.8. The Hall–Kier alpha value is -3.42. The summed E-state index contributed by atoms with van der Waals surface area (Å²) in [6, 6.07) is 11.1. The fourth-order valence-corrected chi connectivity index (χ4v) is 3.24. The first-order valence-corrected chi connectivity index (χ1v) is 11.9. The first kappa shape index (κ1) is 27.8. The zero-order valence-electron chi connectivity index (χ0n) is 20.8. The van der Waals surface area contributed by atoms with Crippen LogP contribution in [-0.4, -0.2) is 44.5 Å². The first-order chi connectivity index (χ1) is 16.9. The molecule has 0 aliphatic heterocycles. The topological polar surface area (TPSA) is 114 Å². The van der Waals surface area contributed by atoms with Crippen molar-refractivity contribution < 1.29 is 23.8 Å². The number of rotatable bonds is 15. The lowest BCUT2D eigenvalue weighted by atomic mass is 9.99. The van der Waals surface area contributed by atoms with Crippen molar-refractivity contribution in [1.82, 2.24) is 0 Å². The number of carbonyl (C=O) groups is 2. The van der Waals surface area contributed by atoms with Crippen LogP contribution in [0.1, 0.15) is 37.5 Å². The summed E-state index contributed by atoms with van der Waals surface area (Å²) >= 11 is 0. The average molecular weight is 481 g/mol. The van der Waals surface area contributed by atoms with Crippen LogP contribution in [0, 0.1) is 5.92 Å². The molecule has 0 heterocycles. The van der Waals surface area contributed by atoms with Crippen LogP contribution in [0.2, 0.25) is 0 Å². The van der Waals surface area contributed by atoms with Gasteiger partial charge >= 0.3 is 0 Å². The number of ether oxygens (including phenoxy) is 3. The van der Waals surface area contributed by atoms with Gasteiger partial charge in [0.15, 0.2) is 23.1 Å². The van der Waals surface area contributed by atoms with E-state index >= 15 is 0 Å². The summed E-state index contributed by atoms with van der Waals surface area (Å²) in [6.07, 6.45) is 7.02. The van der Waals surface area contributed by atoms with Crippen LogP contribution in [-0.2, 0) is 16.0 Å². The van der Waals surface area contributed by atoms with E-state index < -0.39 is 5.92 Å². The molecule has 1 atom stereocenters. The number of benzene rings is 2. The van der Waals surface area contributed by atoms with E-state index in [1.807, 2.05) is 38.1 Å². The highest BCUT2D eigenvalue weighted by Crippen LogP contribution is 2.29. The molecule has 188 valence electrons. The minimum Gasteiger partial charge on any atom is -0.492 e. The van der Waals surface area contributed by atoms with Gasteiger partial charge < -0.3 is 25.7 Å². The van der Waals surface area contributed by atoms with Crippen molar-refractivity contribution in [3.63, 3.8) is 0 Å². The van der Waals surface area contributed by atoms with Crippen LogP contribution in [0.25, 0.3) is 12.2 Å². The van der Waals surface area contributed by atoms with E-state index in [9.17, 15) is 9.59 Å². The number of aryl methyl sites for hydroxylation is 1. The second-order valence-corrected chi connectivity index (χ2v) is 7.83. The molecule has 0 saturated heterocycles. The third-order valence-corrected chi connectivity index (χ3v) is 5.22. The number of carbonyl (C=O) groups excluding carboxylic acids is 2. The third kappa shape index (κ3) is 8.70. The zero-order valence-corrected chi connectivity index (χ0v) is 20.8. The van der Waals surface area contributed by atoms with Crippen molar-refractivity contribution >= 4 is 23.7 Å². The highest BCUT2D eigenvalue weighted by molar-refractivity contribution is 6.13. The van der Waals surface area contributed by atoms with Gasteiger partial charge in [-0.25, -0.2) is 0 Å². The van der Waals surface area contributed by atoms with Crippen LogP contribution in [0.5, 0.6) is 17.2 Å². The van der Waals surface area contributed by atoms with Gasteiger partial charge in [-0.3, -0.25) is 9.59 Å². The van der Waals surface area contributed by atoms with E-state index in [-0.39, 0.29) is 11.6 Å². The summed E-state index contributed by atoms with van der Waals surface area (Å²) in [4.78, 5) is 25.2. The predicted molar refractivity (Wildman–Crippen MR) is 140 cm³/mol. The molecule has 0 spiro atoms. The summed E-state index contributed by atoms with van der Waals surface area (Å²) < 4.78 is 16.9. The van der Waals surface area contributed by atoms with Crippen LogP contribution >= 0.6 is 0 Å². The summed E-state index contributed by atoms with van der Waals surface area (Å²) in [5, 5.41) is 0. The van der Waals surface area contributed by atoms with Gasteiger partial charge in [-0.05, 0) is 67.3 Å². The molecular weight excluding hydrogens is 444 g/mol. The Kier molecular flexibility index (Phi) is 11.7. The molecule has 7 heteroatoms. The number of allylic oxidation sites excluding steroid dienone is 2. The Labute approximate surface area is 207 Å². The lowest BCUT2D eigenvalue weighted by Crippen LogP contribution is -2.17. The normalized spacial score (nSPS) is 12.1. The fourth-order valence-electron chi connectivity index (χ4n) is 3.24. The van der Waals surface area contributed by atoms with Crippen LogP contribution in [0.3, 0.4) is 0 Å². The molecule has 2 aromatic carbocycles. The van der Waals surface area contributed by atoms with Gasteiger partial charge in [0.25, 0.3) is 0 Å². The van der Waals surface area contributed by atoms with Crippen molar-refractivity contribution in [2.24, 2.45) is 17.4 Å². The van der Waals surface area contributed by atoms with Gasteiger partial charge in [-0.15, -0.1) is 0 Å². The third-order valence-electron chi connectivity index (χ3n) is 5.22. The molecule has 0 aromatic heterocycles. The Morgan fingerprint density at radius 2 is 1.34 bits per heavy atom. The van der Waals surface area contributed by atoms with Crippen LogP contribution in [0.4, 0.5) is 0 Å². The lowest BCUT2D eigenvalue weighted by Gasteiger charge is -2.12. The van der Waals surface area contributed by atoms with Crippen molar-refractivity contribution in [2.75, 3.05) is 32.9 Å². The van der Waals surface area contributed by atoms with E-state index in [1.54, 1.807) is 31.2 Å². The number of nitrogens with two attached hydrogens (primary N) is 2. The summed E-state index contributed by atoms with van der Waals surface area (Å²) in [5.41, 5.74) is 13.7. The average Bonchev–Trinajstić information content (AvgIpc) is 2.88. The maximum atomic E-state index is 12.6. The highest BCUT2D eigenvalue weighted by atomic mass is 16.5. The van der Waals surface area contributed by atoms with E-state index in [2.05, 4.69) is 0 Å². The Bertz CT molecular complexity index is 1050. The van der Waals surface area contributed by atoms with Gasteiger partial charge in [0.2, 0.25) is 0 Å². The summed E-state index contributed by atoms with van der Waals surface area (Å²) in [7, 11) is 0. The standard InChI is InChI=1S/C28H36N2O5/c1-4-23-10-6-21(18-27(23)34-16-14-29)7-11-24(31)20(3)25(32)12-8-22-9-13-26(33-5-2)28(19-22)35-17-15-30/h6-13,18-20H,4-5,14-17,29-30H2,1-3H3/b11-7+,12-8+. The Morgan fingerprint density at radius 3 is 1.89 bits per heavy atom. The van der Waals surface area contributed by atoms with Gasteiger partial charge in [-0.2, -0.15) is 0 Å². The molecular formula is C28H36N2O5. The maximum Gasteiger partial charge on any atom is 0.166 e. The number of hydrogen-bond donors (Lipinski definition) is 2. The predicted octanol–water partition coefficient (Wildman–Crippen LogP) is 3.82. The smallest absolute Gasteiger partial charge is 0.166 e. The molecule has 2 aromatic rings. The van der Waals surface area contributed by atoms with Crippen molar-refractivity contribution in [3.05, 3.63) is 65.2 Å². The first-order valence-electron chi connectivity index (χ1n) is 11.9. The Morgan fingerprint density at radius 1 is 0.800 bits per heavy atom. The zero-order chi connectivity index (χ0) is 25.6. The molecule has 0 aliphatic carbocycles. The van der Waals surface area contributed by atoms with E-state index in [0.717, 1.165) is 28.9 Å². The minimum atomic E-state index is -0.805. The number of hydrogen-bond acceptors (Lipinski definition) is 7. The summed E-state index contributed by atoms with van der Waals surface area (Å²) in [6.45, 7) is 7.62. The molecule has 0 radical (unpaired) electrons. The molecule has 7 nitrogen and oxygen atoms in total. The van der Waals surface area contributed by atoms with Gasteiger partial charge in [0.1, 0.15) is 19.0 Å². The monoisotopic (exact) mass is 480 g/mol. The highest BCUT2D eigenvalue weighted by Gasteiger charge is 2.17. The fraction of sp³-hybridized carbons (Fsp3) is 0.357. The quantitative estimate of drug-likeness (QED) is 0.294. The van der Waals surface area contributed by atoms with Crippen molar-refractivity contribution in [3.8, 4) is 17.2 Å². The van der Waals surface area contributed by atoms with Crippen LogP contribution < -0.4 is 25.7 Å². The largest absolute Gasteiger partial charge is 0.492 e. The van der Waals surface area contributed by atoms with E-state index in [0.29, 0.717) is 44.4 Å². The van der Waals surface area contributed by atoms with Gasteiger partial charge in [-0.1, -0.05) is 37.3 Å². The number of ketones is 2. The molecule has 4 N–H and O–H groups in total. The molecule has 0 fully saturated rings. The second-order valence-electron chi connectivity index (χ2n) is 7.83. The molecule has 2 rings (SSSR count). The molecule has 0 saturated carbocycles. The molecule has 0 aliphatic rings. The SMILES string of the molecule is CCOc1ccc(/C=C/C(=O)C(C)C(=O)/C=C/c2ccc(CC)c(OCCN)c2)cc1OCCN. The van der Waals surface area contributed by atoms with E-state index in [4.69, 9.17) is 25.7 Å². The maximum absolute atomic E-state index is 12.6. The molecule has 35 heavy (non-hydrogen) atoms. The minimum absolute atomic E-state index is 0.276. The van der Waals surface area contributed by atoms with Crippen LogP contribution in [0.15, 0.2) is 48.6 Å². The molecule has 0 bridgehead atoms. The molecule has 1 unspecified atom stereocenters. The van der Waals surface area contributed by atoms with Gasteiger partial charge in [0.05, 0.1) is 12.5 Å². The van der Waals surface area contributed by atoms with Gasteiger partial charge in [0, 0.05) is 13.1 Å². The van der Waals surface area contributed by atoms with Crippen molar-refractivity contribution in [1.29, 1.82) is 0 Å². The molecule has 0 amide bonds. The Balaban J connectivity index is 2.07. The summed E-state index contributed by atoms with van der Waals surface area (Å²) in [5.74, 6) is 0.559.